The number of nitrogens with two attached hydrogens (primary N) is 2. The van der Waals surface area contributed by atoms with Gasteiger partial charge in [-0.05, 0) is 55.3 Å². The smallest absolute Gasteiger partial charge is 0.213 e. The van der Waals surface area contributed by atoms with Crippen LogP contribution in [0.4, 0.5) is 5.13 Å². The number of rotatable bonds is 9. The summed E-state index contributed by atoms with van der Waals surface area (Å²) in [5, 5.41) is 4.85. The van der Waals surface area contributed by atoms with E-state index in [2.05, 4.69) is 57.6 Å². The number of hydrogen-bond donors (Lipinski definition) is 3. The number of nitrogens with zero attached hydrogens (tertiary/aromatic N) is 4. The average Bonchev–Trinajstić information content (AvgIpc) is 3.67. The molecule has 0 bridgehead atoms. The lowest BCUT2D eigenvalue weighted by atomic mass is 10.2. The number of fused-ring (bicyclic) bond motifs is 1. The fourth-order valence-corrected chi connectivity index (χ4v) is 4.17. The molecule has 2 aromatic heterocycles. The highest BCUT2D eigenvalue weighted by Crippen LogP contribution is 2.30. The monoisotopic (exact) mass is 599 g/mol. The fraction of sp³-hybridized carbons (Fsp3) is 0.212. The summed E-state index contributed by atoms with van der Waals surface area (Å²) >= 11 is 1.39. The van der Waals surface area contributed by atoms with Crippen molar-refractivity contribution in [3.8, 4) is 22.9 Å². The van der Waals surface area contributed by atoms with E-state index in [0.717, 1.165) is 46.9 Å². The van der Waals surface area contributed by atoms with E-state index >= 15 is 0 Å². The molecule has 0 saturated heterocycles. The van der Waals surface area contributed by atoms with Gasteiger partial charge >= 0.3 is 0 Å². The summed E-state index contributed by atoms with van der Waals surface area (Å²) in [4.78, 5) is 22.1. The van der Waals surface area contributed by atoms with Crippen molar-refractivity contribution in [3.63, 3.8) is 0 Å². The second-order valence-corrected chi connectivity index (χ2v) is 9.57. The summed E-state index contributed by atoms with van der Waals surface area (Å²) in [6, 6.07) is 24.2. The molecule has 0 saturated carbocycles. The lowest BCUT2D eigenvalue weighted by molar-refractivity contribution is -0.105. The third kappa shape index (κ3) is 11.4. The highest BCUT2D eigenvalue weighted by atomic mass is 32.1. The normalized spacial score (nSPS) is 9.58. The van der Waals surface area contributed by atoms with Gasteiger partial charge in [0.15, 0.2) is 11.1 Å². The first-order chi connectivity index (χ1) is 20.9. The lowest BCUT2D eigenvalue weighted by Crippen LogP contribution is -2.22. The molecule has 5 rings (SSSR count). The van der Waals surface area contributed by atoms with Crippen molar-refractivity contribution in [1.82, 2.24) is 14.5 Å². The van der Waals surface area contributed by atoms with Gasteiger partial charge in [-0.3, -0.25) is 9.79 Å². The molecule has 0 radical (unpaired) electrons. The summed E-state index contributed by atoms with van der Waals surface area (Å²) in [5.74, 6) is 2.72. The van der Waals surface area contributed by atoms with Crippen LogP contribution in [0, 0.1) is 6.92 Å². The molecule has 0 aliphatic carbocycles. The lowest BCUT2D eigenvalue weighted by Gasteiger charge is -2.09. The van der Waals surface area contributed by atoms with Crippen LogP contribution in [0.15, 0.2) is 102 Å². The largest absolute Gasteiger partial charge is 0.457 e. The number of benzene rings is 3. The maximum Gasteiger partial charge on any atom is 0.213 e. The first-order valence-electron chi connectivity index (χ1n) is 14.0. The standard InChI is InChI=1S/C23H20N2O.C4H11N3.C4H4N2OS.C2H6/c1-3-14-25-22-13-12-17(2)15-21(22)24-23(25)18-8-7-11-20(16-18)26-19-9-5-4-6-10-19;1-2-3-7-4(5)6;7-3-6-4-5-1-2-8-4;1-2/h3-13,15-16H,1,14H2,2H3;2-3H2,1H3,(H4,5,6,7);1-3H,(H,5,6,7);1-2H3. The van der Waals surface area contributed by atoms with Gasteiger partial charge < -0.3 is 26.1 Å². The number of hydrogen-bond acceptors (Lipinski definition) is 6. The second kappa shape index (κ2) is 19.2. The maximum atomic E-state index is 9.73. The quantitative estimate of drug-likeness (QED) is 0.0700. The topological polar surface area (TPSA) is 133 Å². The Balaban J connectivity index is 0.000000312. The Kier molecular flexibility index (Phi) is 15.3. The van der Waals surface area contributed by atoms with Gasteiger partial charge in [-0.15, -0.1) is 17.9 Å². The number of aliphatic imine (C=N–C) groups is 1. The molecule has 5 N–H and O–H groups in total. The number of anilines is 1. The predicted octanol–water partition coefficient (Wildman–Crippen LogP) is 7.40. The van der Waals surface area contributed by atoms with E-state index in [1.165, 1.54) is 16.9 Å². The maximum absolute atomic E-state index is 9.73. The Hall–Kier alpha value is -4.96. The summed E-state index contributed by atoms with van der Waals surface area (Å²) in [5.41, 5.74) is 14.3. The Morgan fingerprint density at radius 3 is 2.42 bits per heavy atom. The molecule has 0 fully saturated rings. The summed E-state index contributed by atoms with van der Waals surface area (Å²) in [6.45, 7) is 13.4. The number of imidazole rings is 1. The molecule has 43 heavy (non-hydrogen) atoms. The number of amides is 1. The van der Waals surface area contributed by atoms with Crippen molar-refractivity contribution in [1.29, 1.82) is 0 Å². The average molecular weight is 600 g/mol. The number of guanidine groups is 1. The summed E-state index contributed by atoms with van der Waals surface area (Å²) in [7, 11) is 0. The molecule has 10 heteroatoms. The van der Waals surface area contributed by atoms with Crippen LogP contribution in [0.3, 0.4) is 0 Å². The van der Waals surface area contributed by atoms with E-state index < -0.39 is 0 Å². The van der Waals surface area contributed by atoms with Gasteiger partial charge in [0.05, 0.1) is 11.0 Å². The minimum atomic E-state index is 0.182. The molecule has 1 amide bonds. The summed E-state index contributed by atoms with van der Waals surface area (Å²) < 4.78 is 8.16. The van der Waals surface area contributed by atoms with E-state index in [1.807, 2.05) is 75.4 Å². The molecule has 0 unspecified atom stereocenters. The number of carbonyl (C=O) groups excluding carboxylic acids is 1. The van der Waals surface area contributed by atoms with Gasteiger partial charge in [0.25, 0.3) is 0 Å². The molecular formula is C33H41N7O2S. The number of para-hydroxylation sites is 1. The minimum Gasteiger partial charge on any atom is -0.457 e. The van der Waals surface area contributed by atoms with Gasteiger partial charge in [0, 0.05) is 30.2 Å². The number of thiazole rings is 1. The molecule has 226 valence electrons. The zero-order valence-electron chi connectivity index (χ0n) is 25.2. The van der Waals surface area contributed by atoms with Crippen LogP contribution in [0.2, 0.25) is 0 Å². The Morgan fingerprint density at radius 2 is 1.81 bits per heavy atom. The zero-order chi connectivity index (χ0) is 31.5. The molecule has 0 aliphatic heterocycles. The Labute approximate surface area is 258 Å². The highest BCUT2D eigenvalue weighted by molar-refractivity contribution is 7.13. The van der Waals surface area contributed by atoms with Crippen LogP contribution in [0.5, 0.6) is 11.5 Å². The minimum absolute atomic E-state index is 0.182. The van der Waals surface area contributed by atoms with Crippen molar-refractivity contribution in [2.45, 2.75) is 40.7 Å². The number of carbonyl (C=O) groups is 1. The van der Waals surface area contributed by atoms with E-state index in [4.69, 9.17) is 21.2 Å². The van der Waals surface area contributed by atoms with Crippen molar-refractivity contribution >= 4 is 39.9 Å². The van der Waals surface area contributed by atoms with Crippen LogP contribution in [-0.4, -0.2) is 33.4 Å². The number of nitrogens with one attached hydrogen (secondary N) is 1. The molecule has 3 aromatic carbocycles. The molecule has 2 heterocycles. The van der Waals surface area contributed by atoms with Crippen LogP contribution in [0.1, 0.15) is 32.8 Å². The second-order valence-electron chi connectivity index (χ2n) is 8.68. The molecule has 9 nitrogen and oxygen atoms in total. The number of ether oxygens (including phenoxy) is 1. The van der Waals surface area contributed by atoms with Crippen LogP contribution >= 0.6 is 11.3 Å². The molecule has 0 atom stereocenters. The van der Waals surface area contributed by atoms with Crippen LogP contribution < -0.4 is 21.5 Å². The highest BCUT2D eigenvalue weighted by Gasteiger charge is 2.13. The number of aryl methyl sites for hydroxylation is 1. The fourth-order valence-electron chi connectivity index (χ4n) is 3.68. The van der Waals surface area contributed by atoms with Crippen LogP contribution in [0.25, 0.3) is 22.4 Å². The van der Waals surface area contributed by atoms with E-state index in [0.29, 0.717) is 18.1 Å². The van der Waals surface area contributed by atoms with E-state index in [-0.39, 0.29) is 5.96 Å². The van der Waals surface area contributed by atoms with E-state index in [1.54, 1.807) is 11.6 Å². The van der Waals surface area contributed by atoms with Gasteiger partial charge in [-0.2, -0.15) is 0 Å². The molecule has 0 aliphatic rings. The van der Waals surface area contributed by atoms with E-state index in [9.17, 15) is 4.79 Å². The first-order valence-corrected chi connectivity index (χ1v) is 14.9. The van der Waals surface area contributed by atoms with Gasteiger partial charge in [-0.1, -0.05) is 63.2 Å². The third-order valence-electron chi connectivity index (χ3n) is 5.42. The van der Waals surface area contributed by atoms with Gasteiger partial charge in [0.1, 0.15) is 17.3 Å². The molecular weight excluding hydrogens is 558 g/mol. The van der Waals surface area contributed by atoms with Gasteiger partial charge in [0.2, 0.25) is 6.41 Å². The van der Waals surface area contributed by atoms with Crippen molar-refractivity contribution in [2.24, 2.45) is 16.5 Å². The number of aromatic nitrogens is 3. The van der Waals surface area contributed by atoms with Crippen LogP contribution in [-0.2, 0) is 11.3 Å². The molecule has 0 spiro atoms. The predicted molar refractivity (Wildman–Crippen MR) is 181 cm³/mol. The third-order valence-corrected chi connectivity index (χ3v) is 6.12. The zero-order valence-corrected chi connectivity index (χ0v) is 26.1. The first kappa shape index (κ1) is 34.2. The Morgan fingerprint density at radius 1 is 1.07 bits per heavy atom. The number of allylic oxidation sites excluding steroid dienone is 1. The molecule has 5 aromatic rings. The van der Waals surface area contributed by atoms with Crippen molar-refractivity contribution < 1.29 is 9.53 Å². The SMILES string of the molecule is C=CCn1c(-c2cccc(Oc3ccccc3)c2)nc2cc(C)ccc21.CC.CCCN=C(N)N.O=CNc1nccs1. The Bertz CT molecular complexity index is 1540. The van der Waals surface area contributed by atoms with Crippen molar-refractivity contribution in [3.05, 3.63) is 103 Å². The summed E-state index contributed by atoms with van der Waals surface area (Å²) in [6.07, 6.45) is 5.14. The van der Waals surface area contributed by atoms with Gasteiger partial charge in [-0.25, -0.2) is 9.97 Å². The van der Waals surface area contributed by atoms with Crippen molar-refractivity contribution in [2.75, 3.05) is 11.9 Å².